The van der Waals surface area contributed by atoms with Crippen LogP contribution in [0.5, 0.6) is 0 Å². The molecule has 0 fully saturated rings. The molecule has 1 heterocycles. The number of aromatic nitrogens is 1. The molecule has 0 aliphatic carbocycles. The van der Waals surface area contributed by atoms with Gasteiger partial charge in [0, 0.05) is 17.5 Å². The second kappa shape index (κ2) is 6.01. The van der Waals surface area contributed by atoms with Crippen LogP contribution in [0.1, 0.15) is 43.8 Å². The number of Topliss-reactive ketones (excluding diaryl/α,β-unsaturated/α-hetero) is 1. The number of aryl methyl sites for hydroxylation is 1. The molecule has 1 rings (SSSR count). The maximum atomic E-state index is 11.7. The molecule has 3 heteroatoms. The van der Waals surface area contributed by atoms with Crippen molar-refractivity contribution < 1.29 is 4.79 Å². The molecule has 0 aliphatic rings. The van der Waals surface area contributed by atoms with Crippen molar-refractivity contribution in [1.29, 1.82) is 0 Å². The molecule has 0 atom stereocenters. The lowest BCUT2D eigenvalue weighted by Gasteiger charge is -2.09. The molecule has 1 aromatic rings. The second-order valence-electron chi connectivity index (χ2n) is 3.98. The van der Waals surface area contributed by atoms with Crippen LogP contribution in [0, 0.1) is 12.8 Å². The summed E-state index contributed by atoms with van der Waals surface area (Å²) >= 11 is 1.59. The molecule has 84 valence electrons. The molecule has 0 saturated heterocycles. The summed E-state index contributed by atoms with van der Waals surface area (Å²) in [6, 6.07) is 0. The number of carbonyl (C=O) groups excluding carboxylic acids is 1. The zero-order valence-electron chi connectivity index (χ0n) is 9.75. The highest BCUT2D eigenvalue weighted by atomic mass is 32.1. The van der Waals surface area contributed by atoms with E-state index in [1.807, 2.05) is 12.3 Å². The summed E-state index contributed by atoms with van der Waals surface area (Å²) in [4.78, 5) is 16.0. The summed E-state index contributed by atoms with van der Waals surface area (Å²) < 4.78 is 0. The Morgan fingerprint density at radius 2 is 2.13 bits per heavy atom. The Hall–Kier alpha value is -0.700. The van der Waals surface area contributed by atoms with E-state index in [2.05, 4.69) is 18.8 Å². The number of hydrogen-bond donors (Lipinski definition) is 0. The van der Waals surface area contributed by atoms with Gasteiger partial charge in [0.25, 0.3) is 0 Å². The van der Waals surface area contributed by atoms with E-state index >= 15 is 0 Å². The molecule has 15 heavy (non-hydrogen) atoms. The van der Waals surface area contributed by atoms with Crippen LogP contribution in [0.3, 0.4) is 0 Å². The summed E-state index contributed by atoms with van der Waals surface area (Å²) in [5, 5.41) is 2.96. The number of hydrogen-bond acceptors (Lipinski definition) is 3. The third kappa shape index (κ3) is 4.12. The summed E-state index contributed by atoms with van der Waals surface area (Å²) in [5.41, 5.74) is 1.02. The highest BCUT2D eigenvalue weighted by molar-refractivity contribution is 7.09. The first-order valence-electron chi connectivity index (χ1n) is 5.58. The minimum atomic E-state index is 0.332. The Morgan fingerprint density at radius 1 is 1.47 bits per heavy atom. The average molecular weight is 225 g/mol. The van der Waals surface area contributed by atoms with Crippen molar-refractivity contribution >= 4 is 17.1 Å². The number of nitrogens with zero attached hydrogens (tertiary/aromatic N) is 1. The molecule has 2 nitrogen and oxygen atoms in total. The van der Waals surface area contributed by atoms with Crippen molar-refractivity contribution in [3.05, 3.63) is 16.1 Å². The lowest BCUT2D eigenvalue weighted by Crippen LogP contribution is -2.09. The fraction of sp³-hybridized carbons (Fsp3) is 0.667. The Bertz CT molecular complexity index is 315. The molecular formula is C12H19NOS. The van der Waals surface area contributed by atoms with Crippen LogP contribution >= 0.6 is 11.3 Å². The van der Waals surface area contributed by atoms with Crippen LogP contribution in [0.2, 0.25) is 0 Å². The first-order chi connectivity index (χ1) is 7.15. The molecule has 0 aromatic carbocycles. The summed E-state index contributed by atoms with van der Waals surface area (Å²) in [5.74, 6) is 0.886. The quantitative estimate of drug-likeness (QED) is 0.742. The van der Waals surface area contributed by atoms with Gasteiger partial charge in [-0.05, 0) is 12.8 Å². The maximum Gasteiger partial charge on any atom is 0.139 e. The van der Waals surface area contributed by atoms with Gasteiger partial charge in [0.05, 0.1) is 6.42 Å². The van der Waals surface area contributed by atoms with E-state index in [4.69, 9.17) is 0 Å². The van der Waals surface area contributed by atoms with Gasteiger partial charge in [-0.3, -0.25) is 4.79 Å². The summed E-state index contributed by atoms with van der Waals surface area (Å²) in [7, 11) is 0. The maximum absolute atomic E-state index is 11.7. The lowest BCUT2D eigenvalue weighted by atomic mass is 9.96. The predicted molar refractivity (Wildman–Crippen MR) is 64.3 cm³/mol. The molecule has 0 unspecified atom stereocenters. The largest absolute Gasteiger partial charge is 0.299 e. The summed E-state index contributed by atoms with van der Waals surface area (Å²) in [6.07, 6.45) is 3.43. The standard InChI is InChI=1S/C12H19NOS/c1-4-10(5-2)6-11(14)7-12-13-9(3)8-15-12/h8,10H,4-7H2,1-3H3. The van der Waals surface area contributed by atoms with Crippen molar-refractivity contribution in [2.75, 3.05) is 0 Å². The van der Waals surface area contributed by atoms with Crippen LogP contribution in [0.25, 0.3) is 0 Å². The Morgan fingerprint density at radius 3 is 2.60 bits per heavy atom. The molecule has 0 amide bonds. The van der Waals surface area contributed by atoms with E-state index in [1.54, 1.807) is 11.3 Å². The van der Waals surface area contributed by atoms with Crippen LogP contribution in [-0.4, -0.2) is 10.8 Å². The van der Waals surface area contributed by atoms with Gasteiger partial charge < -0.3 is 0 Å². The number of carbonyl (C=O) groups is 1. The van der Waals surface area contributed by atoms with Crippen LogP contribution in [-0.2, 0) is 11.2 Å². The smallest absolute Gasteiger partial charge is 0.139 e. The minimum Gasteiger partial charge on any atom is -0.299 e. The lowest BCUT2D eigenvalue weighted by molar-refractivity contribution is -0.119. The summed E-state index contributed by atoms with van der Waals surface area (Å²) in [6.45, 7) is 6.26. The van der Waals surface area contributed by atoms with E-state index in [0.717, 1.165) is 23.5 Å². The Balaban J connectivity index is 2.42. The molecule has 0 spiro atoms. The first kappa shape index (κ1) is 12.4. The van der Waals surface area contributed by atoms with Crippen molar-refractivity contribution in [3.8, 4) is 0 Å². The average Bonchev–Trinajstić information content (AvgIpc) is 2.60. The van der Waals surface area contributed by atoms with Gasteiger partial charge >= 0.3 is 0 Å². The van der Waals surface area contributed by atoms with Gasteiger partial charge in [0.15, 0.2) is 0 Å². The highest BCUT2D eigenvalue weighted by Gasteiger charge is 2.12. The molecule has 1 aromatic heterocycles. The van der Waals surface area contributed by atoms with Crippen molar-refractivity contribution in [2.24, 2.45) is 5.92 Å². The van der Waals surface area contributed by atoms with E-state index in [9.17, 15) is 4.79 Å². The topological polar surface area (TPSA) is 30.0 Å². The van der Waals surface area contributed by atoms with Crippen molar-refractivity contribution in [3.63, 3.8) is 0 Å². The number of ketones is 1. The SMILES string of the molecule is CCC(CC)CC(=O)Cc1nc(C)cs1. The predicted octanol–water partition coefficient (Wildman–Crippen LogP) is 3.39. The molecule has 0 bridgehead atoms. The van der Waals surface area contributed by atoms with Gasteiger partial charge in [0.1, 0.15) is 10.8 Å². The molecular weight excluding hydrogens is 206 g/mol. The fourth-order valence-electron chi connectivity index (χ4n) is 1.62. The molecule has 0 radical (unpaired) electrons. The highest BCUT2D eigenvalue weighted by Crippen LogP contribution is 2.16. The van der Waals surface area contributed by atoms with Crippen LogP contribution in [0.15, 0.2) is 5.38 Å². The molecule has 0 aliphatic heterocycles. The van der Waals surface area contributed by atoms with Gasteiger partial charge in [-0.25, -0.2) is 4.98 Å². The minimum absolute atomic E-state index is 0.332. The van der Waals surface area contributed by atoms with E-state index < -0.39 is 0 Å². The van der Waals surface area contributed by atoms with E-state index in [1.165, 1.54) is 0 Å². The van der Waals surface area contributed by atoms with Crippen molar-refractivity contribution in [2.45, 2.75) is 46.5 Å². The zero-order chi connectivity index (χ0) is 11.3. The number of thiazole rings is 1. The fourth-order valence-corrected chi connectivity index (χ4v) is 2.42. The van der Waals surface area contributed by atoms with Gasteiger partial charge in [-0.1, -0.05) is 26.7 Å². The molecule has 0 saturated carbocycles. The number of rotatable bonds is 6. The zero-order valence-corrected chi connectivity index (χ0v) is 10.6. The van der Waals surface area contributed by atoms with Crippen molar-refractivity contribution in [1.82, 2.24) is 4.98 Å². The first-order valence-corrected chi connectivity index (χ1v) is 6.46. The van der Waals surface area contributed by atoms with Gasteiger partial charge in [-0.2, -0.15) is 0 Å². The van der Waals surface area contributed by atoms with Gasteiger partial charge in [0.2, 0.25) is 0 Å². The normalized spacial score (nSPS) is 10.9. The third-order valence-electron chi connectivity index (χ3n) is 2.69. The van der Waals surface area contributed by atoms with Gasteiger partial charge in [-0.15, -0.1) is 11.3 Å². The second-order valence-corrected chi connectivity index (χ2v) is 4.93. The Labute approximate surface area is 95.7 Å². The van der Waals surface area contributed by atoms with E-state index in [0.29, 0.717) is 24.5 Å². The Kier molecular flexibility index (Phi) is 4.95. The molecule has 0 N–H and O–H groups in total. The third-order valence-corrected chi connectivity index (χ3v) is 3.65. The monoisotopic (exact) mass is 225 g/mol. The van der Waals surface area contributed by atoms with Crippen LogP contribution in [0.4, 0.5) is 0 Å². The van der Waals surface area contributed by atoms with Crippen LogP contribution < -0.4 is 0 Å². The van der Waals surface area contributed by atoms with E-state index in [-0.39, 0.29) is 0 Å².